The summed E-state index contributed by atoms with van der Waals surface area (Å²) in [5.74, 6) is -5.25. The van der Waals surface area contributed by atoms with Gasteiger partial charge in [-0.25, -0.2) is 18.0 Å². The second-order valence-electron chi connectivity index (χ2n) is 3.20. The molecule has 0 spiro atoms. The third-order valence-electron chi connectivity index (χ3n) is 2.08. The first-order valence-corrected chi connectivity index (χ1v) is 4.47. The standard InChI is InChI=1S/C10H9F3O4/c1-17-10(16)9(15)8(14)7-5(12)2-4(11)3-6(7)13/h2-3,8-9,14-15H,1H3. The fourth-order valence-electron chi connectivity index (χ4n) is 1.24. The fourth-order valence-corrected chi connectivity index (χ4v) is 1.24. The Morgan fingerprint density at radius 3 is 2.12 bits per heavy atom. The summed E-state index contributed by atoms with van der Waals surface area (Å²) in [4.78, 5) is 10.9. The maximum Gasteiger partial charge on any atom is 0.337 e. The summed E-state index contributed by atoms with van der Waals surface area (Å²) < 4.78 is 43.0. The molecule has 17 heavy (non-hydrogen) atoms. The topological polar surface area (TPSA) is 66.8 Å². The van der Waals surface area contributed by atoms with Crippen molar-refractivity contribution in [2.75, 3.05) is 7.11 Å². The van der Waals surface area contributed by atoms with Gasteiger partial charge in [0, 0.05) is 12.1 Å². The molecule has 0 amide bonds. The van der Waals surface area contributed by atoms with Crippen LogP contribution in [0.15, 0.2) is 12.1 Å². The minimum atomic E-state index is -2.18. The molecular weight excluding hydrogens is 241 g/mol. The van der Waals surface area contributed by atoms with Gasteiger partial charge in [0.2, 0.25) is 0 Å². The predicted octanol–water partition coefficient (Wildman–Crippen LogP) is 0.671. The number of aliphatic hydroxyl groups excluding tert-OH is 2. The van der Waals surface area contributed by atoms with Crippen LogP contribution in [0.4, 0.5) is 13.2 Å². The summed E-state index contributed by atoms with van der Waals surface area (Å²) in [6, 6.07) is 0.650. The van der Waals surface area contributed by atoms with E-state index in [0.29, 0.717) is 12.1 Å². The summed E-state index contributed by atoms with van der Waals surface area (Å²) >= 11 is 0. The van der Waals surface area contributed by atoms with Crippen LogP contribution in [0.1, 0.15) is 11.7 Å². The van der Waals surface area contributed by atoms with Crippen molar-refractivity contribution >= 4 is 5.97 Å². The molecule has 1 aromatic rings. The van der Waals surface area contributed by atoms with Crippen LogP contribution < -0.4 is 0 Å². The molecule has 2 unspecified atom stereocenters. The lowest BCUT2D eigenvalue weighted by atomic mass is 10.0. The number of ether oxygens (including phenoxy) is 1. The number of methoxy groups -OCH3 is 1. The van der Waals surface area contributed by atoms with Gasteiger partial charge in [-0.3, -0.25) is 0 Å². The quantitative estimate of drug-likeness (QED) is 0.774. The first kappa shape index (κ1) is 13.5. The first-order chi connectivity index (χ1) is 7.88. The lowest BCUT2D eigenvalue weighted by Gasteiger charge is -2.17. The van der Waals surface area contributed by atoms with Crippen molar-refractivity contribution in [3.63, 3.8) is 0 Å². The molecule has 2 atom stereocenters. The van der Waals surface area contributed by atoms with E-state index in [4.69, 9.17) is 0 Å². The minimum absolute atomic E-state index is 0.325. The number of hydrogen-bond donors (Lipinski definition) is 2. The van der Waals surface area contributed by atoms with E-state index in [1.165, 1.54) is 0 Å². The van der Waals surface area contributed by atoms with Crippen molar-refractivity contribution < 1.29 is 32.9 Å². The maximum absolute atomic E-state index is 13.2. The van der Waals surface area contributed by atoms with Crippen LogP contribution in [0.2, 0.25) is 0 Å². The van der Waals surface area contributed by atoms with Gasteiger partial charge in [-0.1, -0.05) is 0 Å². The lowest BCUT2D eigenvalue weighted by molar-refractivity contribution is -0.157. The van der Waals surface area contributed by atoms with Crippen LogP contribution in [0.3, 0.4) is 0 Å². The highest BCUT2D eigenvalue weighted by Gasteiger charge is 2.31. The summed E-state index contributed by atoms with van der Waals surface area (Å²) in [6.45, 7) is 0. The molecule has 0 aliphatic carbocycles. The molecule has 0 saturated heterocycles. The van der Waals surface area contributed by atoms with E-state index in [1.54, 1.807) is 0 Å². The Balaban J connectivity index is 3.12. The number of benzene rings is 1. The van der Waals surface area contributed by atoms with Crippen LogP contribution in [0.5, 0.6) is 0 Å². The molecule has 0 heterocycles. The van der Waals surface area contributed by atoms with Gasteiger partial charge in [-0.2, -0.15) is 0 Å². The third kappa shape index (κ3) is 2.75. The average molecular weight is 250 g/mol. The largest absolute Gasteiger partial charge is 0.467 e. The van der Waals surface area contributed by atoms with Gasteiger partial charge in [0.25, 0.3) is 0 Å². The number of aliphatic hydroxyl groups is 2. The highest BCUT2D eigenvalue weighted by atomic mass is 19.1. The molecule has 0 radical (unpaired) electrons. The number of carbonyl (C=O) groups excluding carboxylic acids is 1. The van der Waals surface area contributed by atoms with Crippen molar-refractivity contribution in [2.24, 2.45) is 0 Å². The van der Waals surface area contributed by atoms with Crippen molar-refractivity contribution in [3.05, 3.63) is 35.1 Å². The number of carbonyl (C=O) groups is 1. The minimum Gasteiger partial charge on any atom is -0.467 e. The molecular formula is C10H9F3O4. The summed E-state index contributed by atoms with van der Waals surface area (Å²) in [6.07, 6.45) is -4.34. The van der Waals surface area contributed by atoms with E-state index in [0.717, 1.165) is 7.11 Å². The number of rotatable bonds is 3. The van der Waals surface area contributed by atoms with Crippen molar-refractivity contribution in [3.8, 4) is 0 Å². The highest BCUT2D eigenvalue weighted by Crippen LogP contribution is 2.25. The van der Waals surface area contributed by atoms with Crippen LogP contribution >= 0.6 is 0 Å². The molecule has 94 valence electrons. The van der Waals surface area contributed by atoms with Crippen molar-refractivity contribution in [1.29, 1.82) is 0 Å². The molecule has 0 saturated carbocycles. The maximum atomic E-state index is 13.2. The molecule has 7 heteroatoms. The Bertz CT molecular complexity index is 413. The zero-order valence-electron chi connectivity index (χ0n) is 8.65. The van der Waals surface area contributed by atoms with Crippen molar-refractivity contribution in [2.45, 2.75) is 12.2 Å². The highest BCUT2D eigenvalue weighted by molar-refractivity contribution is 5.75. The Hall–Kier alpha value is -1.60. The monoisotopic (exact) mass is 250 g/mol. The number of hydrogen-bond acceptors (Lipinski definition) is 4. The molecule has 0 fully saturated rings. The smallest absolute Gasteiger partial charge is 0.337 e. The van der Waals surface area contributed by atoms with Crippen molar-refractivity contribution in [1.82, 2.24) is 0 Å². The Morgan fingerprint density at radius 1 is 1.24 bits per heavy atom. The fraction of sp³-hybridized carbons (Fsp3) is 0.300. The van der Waals surface area contributed by atoms with Gasteiger partial charge >= 0.3 is 5.97 Å². The molecule has 1 rings (SSSR count). The van der Waals surface area contributed by atoms with Crippen LogP contribution in [-0.4, -0.2) is 29.4 Å². The van der Waals surface area contributed by atoms with Crippen LogP contribution in [0.25, 0.3) is 0 Å². The first-order valence-electron chi connectivity index (χ1n) is 4.47. The van der Waals surface area contributed by atoms with Crippen LogP contribution in [-0.2, 0) is 9.53 Å². The van der Waals surface area contributed by atoms with Gasteiger partial charge in [0.05, 0.1) is 12.7 Å². The second kappa shape index (κ2) is 5.15. The molecule has 0 bridgehead atoms. The zero-order valence-corrected chi connectivity index (χ0v) is 8.65. The Morgan fingerprint density at radius 2 is 1.71 bits per heavy atom. The number of halogens is 3. The normalized spacial score (nSPS) is 14.2. The SMILES string of the molecule is COC(=O)C(O)C(O)c1c(F)cc(F)cc1F. The molecule has 0 aromatic heterocycles. The Kier molecular flexibility index (Phi) is 4.08. The molecule has 0 aliphatic rings. The van der Waals surface area contributed by atoms with Gasteiger partial charge in [0.15, 0.2) is 6.10 Å². The van der Waals surface area contributed by atoms with E-state index < -0.39 is 41.2 Å². The molecule has 1 aromatic carbocycles. The molecule has 0 aliphatic heterocycles. The van der Waals surface area contributed by atoms with E-state index in [1.807, 2.05) is 0 Å². The van der Waals surface area contributed by atoms with Crippen LogP contribution in [0, 0.1) is 17.5 Å². The zero-order chi connectivity index (χ0) is 13.2. The third-order valence-corrected chi connectivity index (χ3v) is 2.08. The number of esters is 1. The van der Waals surface area contributed by atoms with E-state index in [2.05, 4.69) is 4.74 Å². The molecule has 4 nitrogen and oxygen atoms in total. The van der Waals surface area contributed by atoms with Gasteiger partial charge in [-0.05, 0) is 0 Å². The second-order valence-corrected chi connectivity index (χ2v) is 3.20. The lowest BCUT2D eigenvalue weighted by Crippen LogP contribution is -2.30. The van der Waals surface area contributed by atoms with Gasteiger partial charge in [0.1, 0.15) is 23.6 Å². The molecule has 2 N–H and O–H groups in total. The summed E-state index contributed by atoms with van der Waals surface area (Å²) in [7, 11) is 0.926. The summed E-state index contributed by atoms with van der Waals surface area (Å²) in [5.41, 5.74) is -0.996. The van der Waals surface area contributed by atoms with E-state index in [-0.39, 0.29) is 0 Å². The Labute approximate surface area is 94.3 Å². The van der Waals surface area contributed by atoms with Gasteiger partial charge in [-0.15, -0.1) is 0 Å². The van der Waals surface area contributed by atoms with E-state index in [9.17, 15) is 28.2 Å². The van der Waals surface area contributed by atoms with Gasteiger partial charge < -0.3 is 14.9 Å². The van der Waals surface area contributed by atoms with E-state index >= 15 is 0 Å². The predicted molar refractivity (Wildman–Crippen MR) is 49.3 cm³/mol. The summed E-state index contributed by atoms with van der Waals surface area (Å²) in [5, 5.41) is 18.6. The average Bonchev–Trinajstić information content (AvgIpc) is 2.25.